The lowest BCUT2D eigenvalue weighted by Crippen LogP contribution is -2.42. The molecule has 6 nitrogen and oxygen atoms in total. The lowest BCUT2D eigenvalue weighted by Gasteiger charge is -2.21. The first-order valence-corrected chi connectivity index (χ1v) is 8.05. The highest BCUT2D eigenvalue weighted by atomic mass is 35.5. The Hall–Kier alpha value is -2.08. The van der Waals surface area contributed by atoms with E-state index in [2.05, 4.69) is 0 Å². The number of imide groups is 1. The Bertz CT molecular complexity index is 640. The Kier molecular flexibility index (Phi) is 4.26. The molecule has 2 saturated heterocycles. The lowest BCUT2D eigenvalue weighted by atomic mass is 10.2. The van der Waals surface area contributed by atoms with Crippen molar-refractivity contribution < 1.29 is 14.4 Å². The van der Waals surface area contributed by atoms with E-state index < -0.39 is 12.1 Å². The van der Waals surface area contributed by atoms with Crippen LogP contribution in [0, 0.1) is 0 Å². The van der Waals surface area contributed by atoms with Crippen molar-refractivity contribution in [2.24, 2.45) is 0 Å². The van der Waals surface area contributed by atoms with Crippen LogP contribution in [0.4, 0.5) is 10.5 Å². The van der Waals surface area contributed by atoms with Crippen LogP contribution in [-0.2, 0) is 9.59 Å². The zero-order chi connectivity index (χ0) is 16.6. The second kappa shape index (κ2) is 6.20. The van der Waals surface area contributed by atoms with Gasteiger partial charge in [0.25, 0.3) is 5.91 Å². The van der Waals surface area contributed by atoms with E-state index in [1.807, 2.05) is 0 Å². The van der Waals surface area contributed by atoms with Gasteiger partial charge in [0.15, 0.2) is 0 Å². The number of carbonyl (C=O) groups is 3. The Labute approximate surface area is 139 Å². The number of likely N-dealkylation sites (tertiary alicyclic amines) is 1. The maximum Gasteiger partial charge on any atom is 0.332 e. The van der Waals surface area contributed by atoms with Crippen molar-refractivity contribution in [1.29, 1.82) is 0 Å². The second-order valence-corrected chi connectivity index (χ2v) is 6.25. The largest absolute Gasteiger partial charge is 0.341 e. The second-order valence-electron chi connectivity index (χ2n) is 5.82. The minimum absolute atomic E-state index is 0.172. The van der Waals surface area contributed by atoms with Gasteiger partial charge in [-0.25, -0.2) is 4.79 Å². The minimum Gasteiger partial charge on any atom is -0.341 e. The summed E-state index contributed by atoms with van der Waals surface area (Å²) < 4.78 is 0. The molecule has 1 aromatic rings. The Balaban J connectivity index is 1.77. The van der Waals surface area contributed by atoms with E-state index in [4.69, 9.17) is 11.6 Å². The molecule has 0 aromatic heterocycles. The summed E-state index contributed by atoms with van der Waals surface area (Å²) in [5, 5.41) is 0.556. The summed E-state index contributed by atoms with van der Waals surface area (Å²) in [6.45, 7) is 2.87. The fourth-order valence-corrected chi connectivity index (χ4v) is 3.14. The molecule has 0 spiro atoms. The van der Waals surface area contributed by atoms with Crippen LogP contribution in [-0.4, -0.2) is 53.3 Å². The third-order valence-electron chi connectivity index (χ3n) is 4.30. The Morgan fingerprint density at radius 2 is 1.78 bits per heavy atom. The highest BCUT2D eigenvalue weighted by Crippen LogP contribution is 2.27. The Morgan fingerprint density at radius 3 is 2.39 bits per heavy atom. The predicted molar refractivity (Wildman–Crippen MR) is 86.3 cm³/mol. The van der Waals surface area contributed by atoms with Gasteiger partial charge in [-0.1, -0.05) is 11.6 Å². The molecule has 2 heterocycles. The maximum atomic E-state index is 12.6. The third-order valence-corrected chi connectivity index (χ3v) is 4.56. The molecule has 3 rings (SSSR count). The first kappa shape index (κ1) is 15.8. The van der Waals surface area contributed by atoms with E-state index in [-0.39, 0.29) is 18.4 Å². The number of hydrogen-bond donors (Lipinski definition) is 0. The molecule has 0 aliphatic carbocycles. The van der Waals surface area contributed by atoms with Gasteiger partial charge in [0.1, 0.15) is 12.6 Å². The summed E-state index contributed by atoms with van der Waals surface area (Å²) in [4.78, 5) is 41.3. The van der Waals surface area contributed by atoms with Gasteiger partial charge in [-0.3, -0.25) is 19.4 Å². The van der Waals surface area contributed by atoms with Crippen LogP contribution in [0.2, 0.25) is 5.02 Å². The summed E-state index contributed by atoms with van der Waals surface area (Å²) in [5.74, 6) is -0.521. The molecule has 2 fully saturated rings. The molecule has 0 bridgehead atoms. The first-order valence-electron chi connectivity index (χ1n) is 7.67. The van der Waals surface area contributed by atoms with E-state index in [0.717, 1.165) is 17.7 Å². The summed E-state index contributed by atoms with van der Waals surface area (Å²) in [7, 11) is 0. The van der Waals surface area contributed by atoms with Crippen molar-refractivity contribution in [2.45, 2.75) is 25.8 Å². The van der Waals surface area contributed by atoms with Crippen molar-refractivity contribution in [3.63, 3.8) is 0 Å². The molecule has 0 radical (unpaired) electrons. The highest BCUT2D eigenvalue weighted by molar-refractivity contribution is 6.30. The van der Waals surface area contributed by atoms with Crippen LogP contribution in [0.15, 0.2) is 24.3 Å². The molecule has 7 heteroatoms. The van der Waals surface area contributed by atoms with Gasteiger partial charge in [0.2, 0.25) is 5.91 Å². The van der Waals surface area contributed by atoms with Gasteiger partial charge >= 0.3 is 6.03 Å². The molecular formula is C16H18ClN3O3. The third kappa shape index (κ3) is 2.91. The lowest BCUT2D eigenvalue weighted by molar-refractivity contribution is -0.136. The zero-order valence-corrected chi connectivity index (χ0v) is 13.6. The number of anilines is 1. The van der Waals surface area contributed by atoms with Gasteiger partial charge < -0.3 is 4.90 Å². The first-order chi connectivity index (χ1) is 11.0. The van der Waals surface area contributed by atoms with Gasteiger partial charge in [-0.2, -0.15) is 0 Å². The highest BCUT2D eigenvalue weighted by Gasteiger charge is 2.44. The number of nitrogens with zero attached hydrogens (tertiary/aromatic N) is 3. The topological polar surface area (TPSA) is 60.9 Å². The summed E-state index contributed by atoms with van der Waals surface area (Å²) in [6.07, 6.45) is 1.95. The van der Waals surface area contributed by atoms with Crippen LogP contribution < -0.4 is 4.90 Å². The number of halogens is 1. The molecule has 2 aliphatic rings. The molecular weight excluding hydrogens is 318 g/mol. The molecule has 0 saturated carbocycles. The van der Waals surface area contributed by atoms with Crippen molar-refractivity contribution >= 4 is 35.1 Å². The van der Waals surface area contributed by atoms with E-state index in [1.54, 1.807) is 36.1 Å². The van der Waals surface area contributed by atoms with E-state index in [0.29, 0.717) is 23.8 Å². The monoisotopic (exact) mass is 335 g/mol. The van der Waals surface area contributed by atoms with Crippen molar-refractivity contribution in [3.8, 4) is 0 Å². The standard InChI is InChI=1S/C16H18ClN3O3/c1-11-15(22)19(10-14(21)18-8-2-3-9-18)16(23)20(11)13-6-4-12(17)5-7-13/h4-7,11H,2-3,8-10H2,1H3/t11-/m1/s1. The molecule has 122 valence electrons. The molecule has 2 aliphatic heterocycles. The number of urea groups is 1. The number of amides is 4. The summed E-state index contributed by atoms with van der Waals surface area (Å²) in [6, 6.07) is 5.62. The quantitative estimate of drug-likeness (QED) is 0.795. The van der Waals surface area contributed by atoms with Crippen molar-refractivity contribution in [3.05, 3.63) is 29.3 Å². The van der Waals surface area contributed by atoms with E-state index in [9.17, 15) is 14.4 Å². The molecule has 0 N–H and O–H groups in total. The summed E-state index contributed by atoms with van der Waals surface area (Å²) >= 11 is 5.86. The predicted octanol–water partition coefficient (Wildman–Crippen LogP) is 2.12. The average molecular weight is 336 g/mol. The molecule has 1 atom stereocenters. The SMILES string of the molecule is C[C@@H]1C(=O)N(CC(=O)N2CCCC2)C(=O)N1c1ccc(Cl)cc1. The maximum absolute atomic E-state index is 12.6. The van der Waals surface area contributed by atoms with E-state index in [1.165, 1.54) is 4.90 Å². The van der Waals surface area contributed by atoms with Gasteiger partial charge in [-0.15, -0.1) is 0 Å². The van der Waals surface area contributed by atoms with Gasteiger partial charge in [0.05, 0.1) is 0 Å². The zero-order valence-electron chi connectivity index (χ0n) is 12.9. The number of hydrogen-bond acceptors (Lipinski definition) is 3. The fourth-order valence-electron chi connectivity index (χ4n) is 3.01. The molecule has 23 heavy (non-hydrogen) atoms. The normalized spacial score (nSPS) is 21.5. The van der Waals surface area contributed by atoms with Crippen LogP contribution >= 0.6 is 11.6 Å². The summed E-state index contributed by atoms with van der Waals surface area (Å²) in [5.41, 5.74) is 0.594. The Morgan fingerprint density at radius 1 is 1.17 bits per heavy atom. The smallest absolute Gasteiger partial charge is 0.332 e. The van der Waals surface area contributed by atoms with Crippen molar-refractivity contribution in [1.82, 2.24) is 9.80 Å². The van der Waals surface area contributed by atoms with Crippen LogP contribution in [0.1, 0.15) is 19.8 Å². The average Bonchev–Trinajstić information content (AvgIpc) is 3.13. The van der Waals surface area contributed by atoms with Crippen molar-refractivity contribution in [2.75, 3.05) is 24.5 Å². The van der Waals surface area contributed by atoms with Crippen LogP contribution in [0.3, 0.4) is 0 Å². The van der Waals surface area contributed by atoms with Crippen LogP contribution in [0.25, 0.3) is 0 Å². The minimum atomic E-state index is -0.630. The number of rotatable bonds is 3. The van der Waals surface area contributed by atoms with E-state index >= 15 is 0 Å². The van der Waals surface area contributed by atoms with Gasteiger partial charge in [-0.05, 0) is 44.0 Å². The number of benzene rings is 1. The van der Waals surface area contributed by atoms with Gasteiger partial charge in [0, 0.05) is 23.8 Å². The molecule has 4 amide bonds. The molecule has 1 aromatic carbocycles. The fraction of sp³-hybridized carbons (Fsp3) is 0.438. The van der Waals surface area contributed by atoms with Crippen LogP contribution in [0.5, 0.6) is 0 Å². The number of carbonyl (C=O) groups excluding carboxylic acids is 3. The molecule has 0 unspecified atom stereocenters.